The minimum atomic E-state index is -0.269. The van der Waals surface area contributed by atoms with Gasteiger partial charge in [0.15, 0.2) is 5.82 Å². The molecule has 2 aromatic heterocycles. The van der Waals surface area contributed by atoms with Crippen LogP contribution in [-0.2, 0) is 4.79 Å². The minimum absolute atomic E-state index is 0.0623. The molecule has 10 nitrogen and oxygen atoms in total. The van der Waals surface area contributed by atoms with Crippen LogP contribution in [0.15, 0.2) is 36.7 Å². The SMILES string of the molecule is N#CCCCOc1cccc2c1cnn2-c1ccnc(NC2CCC(C(=O)N3CCC(O)CC3)CC2)n1. The number of unbranched alkanes of at least 4 members (excludes halogenated alkanes) is 1. The first-order valence-electron chi connectivity index (χ1n) is 13.2. The number of carbonyl (C=O) groups is 1. The van der Waals surface area contributed by atoms with Crippen LogP contribution in [0.4, 0.5) is 5.95 Å². The van der Waals surface area contributed by atoms with Crippen molar-refractivity contribution in [2.75, 3.05) is 25.0 Å². The predicted molar refractivity (Wildman–Crippen MR) is 138 cm³/mol. The molecule has 37 heavy (non-hydrogen) atoms. The Morgan fingerprint density at radius 3 is 2.76 bits per heavy atom. The van der Waals surface area contributed by atoms with Crippen molar-refractivity contribution in [3.8, 4) is 17.6 Å². The molecular formula is C27H33N7O3. The highest BCUT2D eigenvalue weighted by Gasteiger charge is 2.31. The molecule has 2 fully saturated rings. The summed E-state index contributed by atoms with van der Waals surface area (Å²) in [5, 5.41) is 27.3. The van der Waals surface area contributed by atoms with Crippen LogP contribution in [0, 0.1) is 17.2 Å². The Bertz CT molecular complexity index is 1250. The number of rotatable bonds is 8. The molecule has 0 spiro atoms. The van der Waals surface area contributed by atoms with E-state index in [1.165, 1.54) is 0 Å². The number of piperidine rings is 1. The number of carbonyl (C=O) groups excluding carboxylic acids is 1. The van der Waals surface area contributed by atoms with Crippen LogP contribution in [0.2, 0.25) is 0 Å². The third-order valence-corrected chi connectivity index (χ3v) is 7.31. The smallest absolute Gasteiger partial charge is 0.225 e. The van der Waals surface area contributed by atoms with Crippen molar-refractivity contribution in [2.45, 2.75) is 63.5 Å². The van der Waals surface area contributed by atoms with Crippen LogP contribution in [0.3, 0.4) is 0 Å². The molecule has 0 radical (unpaired) electrons. The zero-order chi connectivity index (χ0) is 25.6. The molecule has 1 aromatic carbocycles. The fourth-order valence-electron chi connectivity index (χ4n) is 5.21. The van der Waals surface area contributed by atoms with Crippen molar-refractivity contribution in [1.29, 1.82) is 5.26 Å². The summed E-state index contributed by atoms with van der Waals surface area (Å²) < 4.78 is 7.65. The highest BCUT2D eigenvalue weighted by molar-refractivity contribution is 5.86. The monoisotopic (exact) mass is 503 g/mol. The molecule has 0 atom stereocenters. The van der Waals surface area contributed by atoms with Gasteiger partial charge in [-0.2, -0.15) is 15.3 Å². The van der Waals surface area contributed by atoms with E-state index in [0.717, 1.165) is 42.3 Å². The second kappa shape index (κ2) is 11.6. The molecule has 10 heteroatoms. The van der Waals surface area contributed by atoms with E-state index in [2.05, 4.69) is 21.5 Å². The fourth-order valence-corrected chi connectivity index (χ4v) is 5.21. The van der Waals surface area contributed by atoms with Gasteiger partial charge >= 0.3 is 0 Å². The van der Waals surface area contributed by atoms with Crippen LogP contribution >= 0.6 is 0 Å². The van der Waals surface area contributed by atoms with Gasteiger partial charge in [0.05, 0.1) is 35.9 Å². The Balaban J connectivity index is 1.20. The van der Waals surface area contributed by atoms with E-state index >= 15 is 0 Å². The van der Waals surface area contributed by atoms with Gasteiger partial charge in [0.2, 0.25) is 11.9 Å². The third-order valence-electron chi connectivity index (χ3n) is 7.31. The summed E-state index contributed by atoms with van der Waals surface area (Å²) >= 11 is 0. The standard InChI is InChI=1S/C27H33N7O3/c28-13-1-2-17-37-24-5-3-4-23-22(24)18-30-34(23)25-10-14-29-27(32-25)31-20-8-6-19(7-9-20)26(36)33-15-11-21(35)12-16-33/h3-5,10,14,18-21,35H,1-2,6-9,11-12,15-17H2,(H,29,31,32). The topological polar surface area (TPSA) is 129 Å². The molecule has 5 rings (SSSR count). The maximum absolute atomic E-state index is 12.9. The summed E-state index contributed by atoms with van der Waals surface area (Å²) in [4.78, 5) is 23.9. The van der Waals surface area contributed by atoms with Gasteiger partial charge in [0.25, 0.3) is 0 Å². The second-order valence-electron chi connectivity index (χ2n) is 9.84. The average Bonchev–Trinajstić information content (AvgIpc) is 3.37. The summed E-state index contributed by atoms with van der Waals surface area (Å²) in [6.07, 6.45) is 9.19. The van der Waals surface area contributed by atoms with E-state index in [0.29, 0.717) is 57.1 Å². The number of anilines is 1. The normalized spacial score (nSPS) is 20.5. The van der Waals surface area contributed by atoms with Crippen LogP contribution in [0.1, 0.15) is 51.4 Å². The van der Waals surface area contributed by atoms with Gasteiger partial charge in [-0.3, -0.25) is 4.79 Å². The number of hydrogen-bond acceptors (Lipinski definition) is 8. The Kier molecular flexibility index (Phi) is 7.80. The number of nitriles is 1. The summed E-state index contributed by atoms with van der Waals surface area (Å²) in [7, 11) is 0. The number of aromatic nitrogens is 4. The molecule has 3 heterocycles. The maximum Gasteiger partial charge on any atom is 0.225 e. The summed E-state index contributed by atoms with van der Waals surface area (Å²) in [5.74, 6) is 2.24. The number of nitrogens with zero attached hydrogens (tertiary/aromatic N) is 6. The van der Waals surface area contributed by atoms with Gasteiger partial charge in [0, 0.05) is 43.7 Å². The highest BCUT2D eigenvalue weighted by Crippen LogP contribution is 2.30. The largest absolute Gasteiger partial charge is 0.493 e. The number of benzene rings is 1. The van der Waals surface area contributed by atoms with Gasteiger partial charge in [-0.15, -0.1) is 0 Å². The number of aliphatic hydroxyl groups excluding tert-OH is 1. The molecule has 1 saturated carbocycles. The van der Waals surface area contributed by atoms with Crippen molar-refractivity contribution >= 4 is 22.8 Å². The number of ether oxygens (including phenoxy) is 1. The van der Waals surface area contributed by atoms with Crippen LogP contribution in [-0.4, -0.2) is 67.5 Å². The van der Waals surface area contributed by atoms with E-state index < -0.39 is 0 Å². The number of nitrogens with one attached hydrogen (secondary N) is 1. The highest BCUT2D eigenvalue weighted by atomic mass is 16.5. The maximum atomic E-state index is 12.9. The molecule has 1 amide bonds. The lowest BCUT2D eigenvalue weighted by molar-refractivity contribution is -0.138. The first-order chi connectivity index (χ1) is 18.1. The van der Waals surface area contributed by atoms with Crippen molar-refractivity contribution in [1.82, 2.24) is 24.6 Å². The summed E-state index contributed by atoms with van der Waals surface area (Å²) in [6, 6.07) is 9.97. The number of amides is 1. The van der Waals surface area contributed by atoms with Gasteiger partial charge in [-0.1, -0.05) is 6.07 Å². The molecule has 1 aliphatic heterocycles. The van der Waals surface area contributed by atoms with Gasteiger partial charge in [-0.25, -0.2) is 9.67 Å². The first-order valence-corrected chi connectivity index (χ1v) is 13.2. The van der Waals surface area contributed by atoms with Crippen LogP contribution < -0.4 is 10.1 Å². The Labute approximate surface area is 216 Å². The Hall–Kier alpha value is -3.71. The van der Waals surface area contributed by atoms with E-state index in [-0.39, 0.29) is 24.0 Å². The molecule has 0 unspecified atom stereocenters. The molecule has 2 N–H and O–H groups in total. The van der Waals surface area contributed by atoms with Crippen LogP contribution in [0.25, 0.3) is 16.7 Å². The number of fused-ring (bicyclic) bond motifs is 1. The Morgan fingerprint density at radius 2 is 1.97 bits per heavy atom. The lowest BCUT2D eigenvalue weighted by Crippen LogP contribution is -2.44. The second-order valence-corrected chi connectivity index (χ2v) is 9.84. The zero-order valence-electron chi connectivity index (χ0n) is 20.9. The zero-order valence-corrected chi connectivity index (χ0v) is 20.9. The summed E-state index contributed by atoms with van der Waals surface area (Å²) in [6.45, 7) is 1.81. The molecule has 1 aliphatic carbocycles. The molecular weight excluding hydrogens is 470 g/mol. The molecule has 0 bridgehead atoms. The third kappa shape index (κ3) is 5.83. The predicted octanol–water partition coefficient (Wildman–Crippen LogP) is 3.45. The Morgan fingerprint density at radius 1 is 1.16 bits per heavy atom. The quantitative estimate of drug-likeness (QED) is 0.447. The van der Waals surface area contributed by atoms with Gasteiger partial charge < -0.3 is 20.1 Å². The van der Waals surface area contributed by atoms with Crippen molar-refractivity contribution < 1.29 is 14.6 Å². The molecule has 194 valence electrons. The number of hydrogen-bond donors (Lipinski definition) is 2. The minimum Gasteiger partial charge on any atom is -0.493 e. The lowest BCUT2D eigenvalue weighted by atomic mass is 9.85. The average molecular weight is 504 g/mol. The van der Waals surface area contributed by atoms with Gasteiger partial charge in [-0.05, 0) is 57.1 Å². The lowest BCUT2D eigenvalue weighted by Gasteiger charge is -2.35. The van der Waals surface area contributed by atoms with Gasteiger partial charge in [0.1, 0.15) is 5.75 Å². The molecule has 2 aliphatic rings. The van der Waals surface area contributed by atoms with E-state index in [1.54, 1.807) is 17.1 Å². The van der Waals surface area contributed by atoms with E-state index in [9.17, 15) is 9.90 Å². The first kappa shape index (κ1) is 25.0. The van der Waals surface area contributed by atoms with Crippen molar-refractivity contribution in [3.63, 3.8) is 0 Å². The van der Waals surface area contributed by atoms with Crippen molar-refractivity contribution in [2.24, 2.45) is 5.92 Å². The van der Waals surface area contributed by atoms with Crippen LogP contribution in [0.5, 0.6) is 5.75 Å². The van der Waals surface area contributed by atoms with E-state index in [4.69, 9.17) is 15.0 Å². The van der Waals surface area contributed by atoms with Crippen molar-refractivity contribution in [3.05, 3.63) is 36.7 Å². The molecule has 1 saturated heterocycles. The molecule has 3 aromatic rings. The number of likely N-dealkylation sites (tertiary alicyclic amines) is 1. The summed E-state index contributed by atoms with van der Waals surface area (Å²) in [5.41, 5.74) is 0.881. The fraction of sp³-hybridized carbons (Fsp3) is 0.519. The van der Waals surface area contributed by atoms with E-state index in [1.807, 2.05) is 29.2 Å². The number of aliphatic hydroxyl groups is 1.